The zero-order valence-corrected chi connectivity index (χ0v) is 17.3. The molecule has 1 amide bonds. The summed E-state index contributed by atoms with van der Waals surface area (Å²) in [7, 11) is 0. The van der Waals surface area contributed by atoms with Crippen LogP contribution in [0.25, 0.3) is 0 Å². The topological polar surface area (TPSA) is 63.2 Å². The Morgan fingerprint density at radius 2 is 2.04 bits per heavy atom. The number of rotatable bonds is 6. The second-order valence-corrected chi connectivity index (χ2v) is 6.78. The molecule has 3 rings (SSSR count). The summed E-state index contributed by atoms with van der Waals surface area (Å²) in [4.78, 5) is 16.4. The molecule has 154 valence electrons. The quantitative estimate of drug-likeness (QED) is 0.690. The molecule has 8 heteroatoms. The molecule has 0 bridgehead atoms. The lowest BCUT2D eigenvalue weighted by Gasteiger charge is -2.28. The van der Waals surface area contributed by atoms with E-state index in [9.17, 15) is 9.18 Å². The normalized spacial score (nSPS) is 16.9. The van der Waals surface area contributed by atoms with Crippen LogP contribution in [-0.4, -0.2) is 24.0 Å². The fourth-order valence-electron chi connectivity index (χ4n) is 3.17. The maximum Gasteiger partial charge on any atom is 0.224 e. The number of ether oxygens (including phenoxy) is 1. The average Bonchev–Trinajstić information content (AvgIpc) is 2.66. The van der Waals surface area contributed by atoms with E-state index in [-0.39, 0.29) is 36.5 Å². The van der Waals surface area contributed by atoms with Crippen molar-refractivity contribution >= 4 is 36.4 Å². The highest BCUT2D eigenvalue weighted by molar-refractivity contribution is 5.90. The fraction of sp³-hybridized carbons (Fsp3) is 0.400. The number of hydrogen-bond acceptors (Lipinski definition) is 4. The summed E-state index contributed by atoms with van der Waals surface area (Å²) in [6.07, 6.45) is 4.41. The Morgan fingerprint density at radius 1 is 1.29 bits per heavy atom. The maximum atomic E-state index is 12.9. The van der Waals surface area contributed by atoms with E-state index in [4.69, 9.17) is 4.74 Å². The van der Waals surface area contributed by atoms with Gasteiger partial charge in [0.2, 0.25) is 11.8 Å². The van der Waals surface area contributed by atoms with Crippen LogP contribution in [0.4, 0.5) is 10.1 Å². The first-order valence-corrected chi connectivity index (χ1v) is 9.00. The molecule has 2 N–H and O–H groups in total. The van der Waals surface area contributed by atoms with E-state index in [1.54, 1.807) is 18.3 Å². The summed E-state index contributed by atoms with van der Waals surface area (Å²) in [6.45, 7) is 4.20. The van der Waals surface area contributed by atoms with E-state index in [0.717, 1.165) is 13.1 Å². The summed E-state index contributed by atoms with van der Waals surface area (Å²) in [5.74, 6) is 1.47. The van der Waals surface area contributed by atoms with Crippen LogP contribution in [0.2, 0.25) is 0 Å². The molecule has 2 atom stereocenters. The van der Waals surface area contributed by atoms with Gasteiger partial charge >= 0.3 is 0 Å². The number of nitrogens with one attached hydrogen (secondary N) is 2. The highest BCUT2D eigenvalue weighted by Crippen LogP contribution is 2.24. The molecule has 1 aromatic heterocycles. The van der Waals surface area contributed by atoms with Crippen molar-refractivity contribution in [2.24, 2.45) is 11.8 Å². The number of piperidine rings is 1. The van der Waals surface area contributed by atoms with Gasteiger partial charge in [-0.25, -0.2) is 9.37 Å². The lowest BCUT2D eigenvalue weighted by molar-refractivity contribution is -0.117. The number of carbonyl (C=O) groups is 1. The predicted molar refractivity (Wildman–Crippen MR) is 113 cm³/mol. The Hall–Kier alpha value is -1.89. The Balaban J connectivity index is 0.00000196. The molecule has 1 fully saturated rings. The predicted octanol–water partition coefficient (Wildman–Crippen LogP) is 4.82. The van der Waals surface area contributed by atoms with E-state index in [0.29, 0.717) is 35.6 Å². The van der Waals surface area contributed by atoms with Gasteiger partial charge in [-0.15, -0.1) is 24.8 Å². The molecule has 0 saturated carbocycles. The van der Waals surface area contributed by atoms with Crippen molar-refractivity contribution in [3.8, 4) is 11.6 Å². The van der Waals surface area contributed by atoms with Gasteiger partial charge in [0.05, 0.1) is 11.9 Å². The van der Waals surface area contributed by atoms with Crippen LogP contribution in [0.5, 0.6) is 11.6 Å². The summed E-state index contributed by atoms with van der Waals surface area (Å²) >= 11 is 0. The number of benzene rings is 1. The molecule has 28 heavy (non-hydrogen) atoms. The van der Waals surface area contributed by atoms with Gasteiger partial charge in [-0.05, 0) is 68.1 Å². The highest BCUT2D eigenvalue weighted by atomic mass is 35.5. The summed E-state index contributed by atoms with van der Waals surface area (Å²) in [5, 5.41) is 6.27. The zero-order valence-electron chi connectivity index (χ0n) is 15.7. The number of aromatic nitrogens is 1. The molecule has 1 aliphatic heterocycles. The first-order valence-electron chi connectivity index (χ1n) is 9.00. The van der Waals surface area contributed by atoms with Crippen molar-refractivity contribution < 1.29 is 13.9 Å². The number of carbonyl (C=O) groups excluding carboxylic acids is 1. The first-order chi connectivity index (χ1) is 12.6. The Labute approximate surface area is 177 Å². The van der Waals surface area contributed by atoms with Gasteiger partial charge in [-0.3, -0.25) is 4.79 Å². The number of amides is 1. The SMILES string of the molecule is CC(CC(=O)Nc1ccc(Oc2ccc(F)cc2)nc1)C1CCCNC1.Cl.Cl. The first kappa shape index (κ1) is 24.1. The second kappa shape index (κ2) is 11.8. The number of hydrogen-bond donors (Lipinski definition) is 2. The largest absolute Gasteiger partial charge is 0.439 e. The number of anilines is 1. The van der Waals surface area contributed by atoms with Crippen LogP contribution < -0.4 is 15.4 Å². The molecule has 2 heterocycles. The standard InChI is InChI=1S/C20H24FN3O2.2ClH/c1-14(15-3-2-10-22-12-15)11-19(25)24-17-6-9-20(23-13-17)26-18-7-4-16(21)5-8-18;;/h4-9,13-15,22H,2-3,10-12H2,1H3,(H,24,25);2*1H. The average molecular weight is 430 g/mol. The lowest BCUT2D eigenvalue weighted by atomic mass is 9.85. The van der Waals surface area contributed by atoms with Crippen molar-refractivity contribution in [2.75, 3.05) is 18.4 Å². The van der Waals surface area contributed by atoms with Crippen molar-refractivity contribution in [3.05, 3.63) is 48.4 Å². The number of halogens is 3. The van der Waals surface area contributed by atoms with Crippen molar-refractivity contribution in [2.45, 2.75) is 26.2 Å². The van der Waals surface area contributed by atoms with Gasteiger partial charge in [-0.1, -0.05) is 6.92 Å². The number of pyridine rings is 1. The third-order valence-corrected chi connectivity index (χ3v) is 4.70. The van der Waals surface area contributed by atoms with E-state index >= 15 is 0 Å². The van der Waals surface area contributed by atoms with Crippen molar-refractivity contribution in [1.82, 2.24) is 10.3 Å². The molecule has 1 saturated heterocycles. The molecule has 2 aromatic rings. The van der Waals surface area contributed by atoms with E-state index in [2.05, 4.69) is 22.5 Å². The van der Waals surface area contributed by atoms with Gasteiger partial charge in [0, 0.05) is 12.5 Å². The third kappa shape index (κ3) is 7.26. The minimum absolute atomic E-state index is 0. The van der Waals surface area contributed by atoms with Crippen LogP contribution in [0.15, 0.2) is 42.6 Å². The van der Waals surface area contributed by atoms with Crippen LogP contribution in [0.3, 0.4) is 0 Å². The molecular formula is C20H26Cl2FN3O2. The molecule has 1 aliphatic rings. The zero-order chi connectivity index (χ0) is 18.4. The van der Waals surface area contributed by atoms with Crippen LogP contribution >= 0.6 is 24.8 Å². The molecule has 0 radical (unpaired) electrons. The molecule has 1 aromatic carbocycles. The van der Waals surface area contributed by atoms with E-state index in [1.807, 2.05) is 0 Å². The molecule has 5 nitrogen and oxygen atoms in total. The highest BCUT2D eigenvalue weighted by Gasteiger charge is 2.22. The lowest BCUT2D eigenvalue weighted by Crippen LogP contribution is -2.34. The Kier molecular flexibility index (Phi) is 10.2. The van der Waals surface area contributed by atoms with Gasteiger partial charge in [0.25, 0.3) is 0 Å². The van der Waals surface area contributed by atoms with Gasteiger partial charge in [0.15, 0.2) is 0 Å². The minimum atomic E-state index is -0.318. The van der Waals surface area contributed by atoms with Crippen LogP contribution in [0, 0.1) is 17.7 Å². The van der Waals surface area contributed by atoms with E-state index in [1.165, 1.54) is 37.1 Å². The van der Waals surface area contributed by atoms with Gasteiger partial charge < -0.3 is 15.4 Å². The second-order valence-electron chi connectivity index (χ2n) is 6.78. The molecule has 0 aliphatic carbocycles. The minimum Gasteiger partial charge on any atom is -0.439 e. The third-order valence-electron chi connectivity index (χ3n) is 4.70. The molecular weight excluding hydrogens is 404 g/mol. The smallest absolute Gasteiger partial charge is 0.224 e. The summed E-state index contributed by atoms with van der Waals surface area (Å²) < 4.78 is 18.4. The molecule has 2 unspecified atom stereocenters. The Morgan fingerprint density at radius 3 is 2.64 bits per heavy atom. The van der Waals surface area contributed by atoms with Crippen LogP contribution in [-0.2, 0) is 4.79 Å². The van der Waals surface area contributed by atoms with Crippen LogP contribution in [0.1, 0.15) is 26.2 Å². The van der Waals surface area contributed by atoms with E-state index < -0.39 is 0 Å². The number of nitrogens with zero attached hydrogens (tertiary/aromatic N) is 1. The van der Waals surface area contributed by atoms with Crippen molar-refractivity contribution in [3.63, 3.8) is 0 Å². The monoisotopic (exact) mass is 429 g/mol. The summed E-state index contributed by atoms with van der Waals surface area (Å²) in [6, 6.07) is 9.15. The van der Waals surface area contributed by atoms with Crippen molar-refractivity contribution in [1.29, 1.82) is 0 Å². The van der Waals surface area contributed by atoms with Gasteiger partial charge in [-0.2, -0.15) is 0 Å². The summed E-state index contributed by atoms with van der Waals surface area (Å²) in [5.41, 5.74) is 0.635. The maximum absolute atomic E-state index is 12.9. The molecule has 0 spiro atoms. The van der Waals surface area contributed by atoms with Gasteiger partial charge in [0.1, 0.15) is 11.6 Å². The Bertz CT molecular complexity index is 723. The fourth-order valence-corrected chi connectivity index (χ4v) is 3.17.